The van der Waals surface area contributed by atoms with E-state index >= 15 is 0 Å². The standard InChI is InChI=1S/C15H16F3N3OS.2ClH/c1-9(7-19)20-13(22)6-12-8-23-14(21-12)10-3-2-4-11(5-10)15(16,17)18;;/h2-5,8-9H,6-7,19H2,1H3,(H,20,22);2*1H/t9-;;/m0../s1. The Morgan fingerprint density at radius 1 is 1.36 bits per heavy atom. The molecule has 0 radical (unpaired) electrons. The first-order chi connectivity index (χ1) is 10.8. The summed E-state index contributed by atoms with van der Waals surface area (Å²) in [6, 6.07) is 4.84. The molecule has 1 aromatic carbocycles. The molecule has 0 aliphatic carbocycles. The molecule has 1 aromatic heterocycles. The van der Waals surface area contributed by atoms with E-state index in [0.717, 1.165) is 12.1 Å². The third-order valence-corrected chi connectivity index (χ3v) is 4.03. The van der Waals surface area contributed by atoms with Gasteiger partial charge in [0.25, 0.3) is 0 Å². The van der Waals surface area contributed by atoms with E-state index in [0.29, 0.717) is 22.8 Å². The van der Waals surface area contributed by atoms with Gasteiger partial charge in [0.1, 0.15) is 5.01 Å². The van der Waals surface area contributed by atoms with Crippen molar-refractivity contribution in [2.45, 2.75) is 25.6 Å². The van der Waals surface area contributed by atoms with Crippen molar-refractivity contribution in [2.24, 2.45) is 5.73 Å². The first-order valence-electron chi connectivity index (χ1n) is 6.91. The van der Waals surface area contributed by atoms with Crippen LogP contribution in [-0.2, 0) is 17.4 Å². The molecule has 0 saturated carbocycles. The van der Waals surface area contributed by atoms with Gasteiger partial charge >= 0.3 is 6.18 Å². The van der Waals surface area contributed by atoms with Crippen LogP contribution in [0.5, 0.6) is 0 Å². The molecule has 0 unspecified atom stereocenters. The van der Waals surface area contributed by atoms with Crippen LogP contribution in [0.2, 0.25) is 0 Å². The van der Waals surface area contributed by atoms with E-state index in [2.05, 4.69) is 10.3 Å². The molecule has 2 aromatic rings. The van der Waals surface area contributed by atoms with Crippen LogP contribution in [0.4, 0.5) is 13.2 Å². The number of nitrogens with two attached hydrogens (primary N) is 1. The Morgan fingerprint density at radius 2 is 2.04 bits per heavy atom. The molecule has 1 heterocycles. The largest absolute Gasteiger partial charge is 0.416 e. The highest BCUT2D eigenvalue weighted by atomic mass is 35.5. The average Bonchev–Trinajstić information content (AvgIpc) is 2.94. The van der Waals surface area contributed by atoms with Crippen molar-refractivity contribution in [3.05, 3.63) is 40.9 Å². The van der Waals surface area contributed by atoms with E-state index in [1.54, 1.807) is 18.4 Å². The minimum Gasteiger partial charge on any atom is -0.352 e. The van der Waals surface area contributed by atoms with Gasteiger partial charge in [-0.2, -0.15) is 13.2 Å². The molecule has 25 heavy (non-hydrogen) atoms. The molecule has 0 bridgehead atoms. The van der Waals surface area contributed by atoms with Crippen LogP contribution in [0.25, 0.3) is 10.6 Å². The van der Waals surface area contributed by atoms with Gasteiger partial charge in [-0.1, -0.05) is 12.1 Å². The van der Waals surface area contributed by atoms with Gasteiger partial charge in [0.15, 0.2) is 0 Å². The minimum atomic E-state index is -4.39. The van der Waals surface area contributed by atoms with Crippen LogP contribution >= 0.6 is 36.2 Å². The van der Waals surface area contributed by atoms with Gasteiger partial charge < -0.3 is 11.1 Å². The number of hydrogen-bond donors (Lipinski definition) is 2. The average molecular weight is 416 g/mol. The number of nitrogens with zero attached hydrogens (tertiary/aromatic N) is 1. The molecule has 4 nitrogen and oxygen atoms in total. The fourth-order valence-corrected chi connectivity index (χ4v) is 2.72. The van der Waals surface area contributed by atoms with Gasteiger partial charge in [-0.3, -0.25) is 4.79 Å². The summed E-state index contributed by atoms with van der Waals surface area (Å²) in [7, 11) is 0. The zero-order valence-electron chi connectivity index (χ0n) is 13.2. The summed E-state index contributed by atoms with van der Waals surface area (Å²) >= 11 is 1.21. The molecule has 0 spiro atoms. The lowest BCUT2D eigenvalue weighted by molar-refractivity contribution is -0.137. The smallest absolute Gasteiger partial charge is 0.352 e. The third kappa shape index (κ3) is 6.81. The molecule has 0 aliphatic heterocycles. The van der Waals surface area contributed by atoms with Crippen LogP contribution in [0.15, 0.2) is 29.6 Å². The van der Waals surface area contributed by atoms with Crippen molar-refractivity contribution in [2.75, 3.05) is 6.54 Å². The van der Waals surface area contributed by atoms with Crippen LogP contribution in [-0.4, -0.2) is 23.5 Å². The molecule has 0 saturated heterocycles. The molecule has 10 heteroatoms. The number of hydrogen-bond acceptors (Lipinski definition) is 4. The Bertz CT molecular complexity index is 695. The van der Waals surface area contributed by atoms with Crippen molar-refractivity contribution in [3.63, 3.8) is 0 Å². The van der Waals surface area contributed by atoms with Crippen LogP contribution in [0.1, 0.15) is 18.2 Å². The molecule has 1 amide bonds. The summed E-state index contributed by atoms with van der Waals surface area (Å²) in [4.78, 5) is 16.0. The summed E-state index contributed by atoms with van der Waals surface area (Å²) in [5.41, 5.74) is 5.60. The first-order valence-corrected chi connectivity index (χ1v) is 7.79. The monoisotopic (exact) mass is 415 g/mol. The highest BCUT2D eigenvalue weighted by Crippen LogP contribution is 2.33. The van der Waals surface area contributed by atoms with Crippen LogP contribution in [0, 0.1) is 0 Å². The molecule has 140 valence electrons. The number of aromatic nitrogens is 1. The number of rotatable bonds is 5. The Morgan fingerprint density at radius 3 is 2.64 bits per heavy atom. The predicted molar refractivity (Wildman–Crippen MR) is 97.4 cm³/mol. The summed E-state index contributed by atoms with van der Waals surface area (Å²) < 4.78 is 38.2. The van der Waals surface area contributed by atoms with Crippen LogP contribution in [0.3, 0.4) is 0 Å². The number of amides is 1. The second-order valence-corrected chi connectivity index (χ2v) is 5.96. The number of nitrogens with one attached hydrogen (secondary N) is 1. The van der Waals surface area contributed by atoms with E-state index < -0.39 is 11.7 Å². The fraction of sp³-hybridized carbons (Fsp3) is 0.333. The maximum atomic E-state index is 12.7. The minimum absolute atomic E-state index is 0. The zero-order valence-corrected chi connectivity index (χ0v) is 15.6. The second kappa shape index (κ2) is 9.96. The predicted octanol–water partition coefficient (Wildman–Crippen LogP) is 3.68. The molecule has 1 atom stereocenters. The van der Waals surface area contributed by atoms with Gasteiger partial charge in [0, 0.05) is 23.5 Å². The molecule has 0 aliphatic rings. The summed E-state index contributed by atoms with van der Waals surface area (Å²) in [5, 5.41) is 4.83. The van der Waals surface area contributed by atoms with E-state index in [-0.39, 0.29) is 43.2 Å². The number of benzene rings is 1. The van der Waals surface area contributed by atoms with Gasteiger partial charge in [0.2, 0.25) is 5.91 Å². The van der Waals surface area contributed by atoms with Crippen molar-refractivity contribution in [1.29, 1.82) is 0 Å². The van der Waals surface area contributed by atoms with Gasteiger partial charge in [0.05, 0.1) is 17.7 Å². The number of alkyl halides is 3. The Kier molecular flexibility index (Phi) is 9.42. The van der Waals surface area contributed by atoms with Crippen molar-refractivity contribution in [1.82, 2.24) is 10.3 Å². The highest BCUT2D eigenvalue weighted by molar-refractivity contribution is 7.13. The Labute approximate surface area is 159 Å². The molecule has 0 fully saturated rings. The highest BCUT2D eigenvalue weighted by Gasteiger charge is 2.30. The zero-order chi connectivity index (χ0) is 17.0. The quantitative estimate of drug-likeness (QED) is 0.782. The van der Waals surface area contributed by atoms with Gasteiger partial charge in [-0.05, 0) is 19.1 Å². The third-order valence-electron chi connectivity index (χ3n) is 3.09. The summed E-state index contributed by atoms with van der Waals surface area (Å²) in [6.45, 7) is 2.12. The van der Waals surface area contributed by atoms with Crippen LogP contribution < -0.4 is 11.1 Å². The van der Waals surface area contributed by atoms with Gasteiger partial charge in [-0.15, -0.1) is 36.2 Å². The maximum Gasteiger partial charge on any atom is 0.416 e. The number of carbonyl (C=O) groups is 1. The van der Waals surface area contributed by atoms with E-state index in [9.17, 15) is 18.0 Å². The number of thiazole rings is 1. The topological polar surface area (TPSA) is 68.0 Å². The molecular formula is C15H18Cl2F3N3OS. The fourth-order valence-electron chi connectivity index (χ4n) is 1.90. The van der Waals surface area contributed by atoms with Gasteiger partial charge in [-0.25, -0.2) is 4.98 Å². The summed E-state index contributed by atoms with van der Waals surface area (Å²) in [6.07, 6.45) is -4.33. The van der Waals surface area contributed by atoms with Crippen molar-refractivity contribution >= 4 is 42.1 Å². The SMILES string of the molecule is C[C@@H](CN)NC(=O)Cc1csc(-c2cccc(C(F)(F)F)c2)n1.Cl.Cl. The van der Waals surface area contributed by atoms with E-state index in [1.165, 1.54) is 17.4 Å². The Balaban J connectivity index is 0.00000288. The Hall–Kier alpha value is -1.35. The summed E-state index contributed by atoms with van der Waals surface area (Å²) in [5.74, 6) is -0.219. The number of carbonyl (C=O) groups excluding carboxylic acids is 1. The van der Waals surface area contributed by atoms with E-state index in [1.807, 2.05) is 0 Å². The molecule has 2 rings (SSSR count). The lowest BCUT2D eigenvalue weighted by Crippen LogP contribution is -2.38. The second-order valence-electron chi connectivity index (χ2n) is 5.10. The maximum absolute atomic E-state index is 12.7. The van der Waals surface area contributed by atoms with E-state index in [4.69, 9.17) is 5.73 Å². The van der Waals surface area contributed by atoms with Crippen molar-refractivity contribution in [3.8, 4) is 10.6 Å². The first kappa shape index (κ1) is 23.6. The normalized spacial score (nSPS) is 11.9. The molecular weight excluding hydrogens is 398 g/mol. The molecule has 3 N–H and O–H groups in total. The lowest BCUT2D eigenvalue weighted by atomic mass is 10.1. The van der Waals surface area contributed by atoms with Crippen molar-refractivity contribution < 1.29 is 18.0 Å². The number of halogens is 5. The lowest BCUT2D eigenvalue weighted by Gasteiger charge is -2.10.